The van der Waals surface area contributed by atoms with Gasteiger partial charge in [-0.15, -0.1) is 0 Å². The molecule has 3 nitrogen and oxygen atoms in total. The summed E-state index contributed by atoms with van der Waals surface area (Å²) in [4.78, 5) is 4.82. The molecule has 2 rings (SSSR count). The van der Waals surface area contributed by atoms with E-state index in [0.717, 1.165) is 32.7 Å². The highest BCUT2D eigenvalue weighted by atomic mass is 16.3. The fourth-order valence-corrected chi connectivity index (χ4v) is 1.99. The number of aromatic hydroxyl groups is 1. The van der Waals surface area contributed by atoms with Crippen molar-refractivity contribution in [2.24, 2.45) is 0 Å². The predicted octanol–water partition coefficient (Wildman–Crippen LogP) is 2.95. The Labute approximate surface area is 111 Å². The van der Waals surface area contributed by atoms with Crippen molar-refractivity contribution in [1.82, 2.24) is 4.90 Å². The molecule has 3 heteroatoms. The van der Waals surface area contributed by atoms with Gasteiger partial charge in [-0.05, 0) is 30.8 Å². The minimum Gasteiger partial charge on any atom is -0.508 e. The van der Waals surface area contributed by atoms with Crippen molar-refractivity contribution in [3.8, 4) is 5.75 Å². The van der Waals surface area contributed by atoms with E-state index in [0.29, 0.717) is 5.75 Å². The Morgan fingerprint density at radius 2 is 1.44 bits per heavy atom. The summed E-state index contributed by atoms with van der Waals surface area (Å²) in [6.45, 7) is 12.0. The van der Waals surface area contributed by atoms with E-state index < -0.39 is 0 Å². The normalized spacial score (nSPS) is 16.1. The lowest BCUT2D eigenvalue weighted by Crippen LogP contribution is -2.46. The second-order valence-corrected chi connectivity index (χ2v) is 4.64. The average Bonchev–Trinajstić information content (AvgIpc) is 2.41. The molecular formula is C15H26N2O. The highest BCUT2D eigenvalue weighted by Gasteiger charge is 2.15. The third-order valence-corrected chi connectivity index (χ3v) is 3.03. The lowest BCUT2D eigenvalue weighted by molar-refractivity contribution is 0.271. The number of rotatable bonds is 2. The first-order chi connectivity index (χ1) is 8.71. The number of phenolic OH excluding ortho intramolecular Hbond substituents is 1. The topological polar surface area (TPSA) is 26.7 Å². The summed E-state index contributed by atoms with van der Waals surface area (Å²) < 4.78 is 0. The van der Waals surface area contributed by atoms with Gasteiger partial charge in [0.2, 0.25) is 0 Å². The van der Waals surface area contributed by atoms with Gasteiger partial charge < -0.3 is 14.9 Å². The lowest BCUT2D eigenvalue weighted by atomic mass is 10.2. The van der Waals surface area contributed by atoms with E-state index in [2.05, 4.69) is 30.6 Å². The van der Waals surface area contributed by atoms with Crippen molar-refractivity contribution in [1.29, 1.82) is 0 Å². The molecule has 0 radical (unpaired) electrons. The molecule has 0 spiro atoms. The van der Waals surface area contributed by atoms with Gasteiger partial charge in [-0.2, -0.15) is 0 Å². The quantitative estimate of drug-likeness (QED) is 0.874. The number of hydrogen-bond donors (Lipinski definition) is 1. The number of hydrogen-bond acceptors (Lipinski definition) is 3. The highest BCUT2D eigenvalue weighted by Crippen LogP contribution is 2.19. The summed E-state index contributed by atoms with van der Waals surface area (Å²) in [6.07, 6.45) is 1.25. The van der Waals surface area contributed by atoms with E-state index in [1.165, 1.54) is 12.1 Å². The van der Waals surface area contributed by atoms with Crippen molar-refractivity contribution < 1.29 is 5.11 Å². The molecule has 1 N–H and O–H groups in total. The molecule has 1 fully saturated rings. The second kappa shape index (κ2) is 7.98. The molecule has 0 saturated carbocycles. The van der Waals surface area contributed by atoms with Gasteiger partial charge in [0.25, 0.3) is 0 Å². The Morgan fingerprint density at radius 3 is 1.89 bits per heavy atom. The minimum atomic E-state index is 0.339. The summed E-state index contributed by atoms with van der Waals surface area (Å²) in [5.41, 5.74) is 1.21. The number of phenols is 1. The molecule has 0 amide bonds. The molecule has 1 heterocycles. The second-order valence-electron chi connectivity index (χ2n) is 4.64. The summed E-state index contributed by atoms with van der Waals surface area (Å²) >= 11 is 0. The number of likely N-dealkylation sites (N-methyl/N-ethyl adjacent to an activating group) is 1. The van der Waals surface area contributed by atoms with E-state index in [9.17, 15) is 5.11 Å². The third kappa shape index (κ3) is 4.57. The van der Waals surface area contributed by atoms with Gasteiger partial charge in [0.1, 0.15) is 5.75 Å². The zero-order valence-corrected chi connectivity index (χ0v) is 11.9. The van der Waals surface area contributed by atoms with Crippen LogP contribution in [0.4, 0.5) is 5.69 Å². The molecule has 0 unspecified atom stereocenters. The zero-order valence-electron chi connectivity index (χ0n) is 11.9. The lowest BCUT2D eigenvalue weighted by Gasteiger charge is -2.35. The maximum absolute atomic E-state index is 9.21. The fraction of sp³-hybridized carbons (Fsp3) is 0.600. The first kappa shape index (κ1) is 14.8. The van der Waals surface area contributed by atoms with Crippen LogP contribution in [0.1, 0.15) is 27.2 Å². The van der Waals surface area contributed by atoms with Crippen LogP contribution < -0.4 is 4.90 Å². The molecule has 0 aromatic heterocycles. The molecule has 1 aliphatic rings. The van der Waals surface area contributed by atoms with Crippen LogP contribution in [0.15, 0.2) is 24.3 Å². The monoisotopic (exact) mass is 250 g/mol. The van der Waals surface area contributed by atoms with Gasteiger partial charge in [-0.3, -0.25) is 0 Å². The van der Waals surface area contributed by atoms with Gasteiger partial charge in [0, 0.05) is 31.9 Å². The Hall–Kier alpha value is -1.22. The van der Waals surface area contributed by atoms with Crippen LogP contribution in [-0.4, -0.2) is 42.7 Å². The molecule has 1 saturated heterocycles. The Morgan fingerprint density at radius 1 is 0.944 bits per heavy atom. The van der Waals surface area contributed by atoms with Gasteiger partial charge in [0.15, 0.2) is 0 Å². The van der Waals surface area contributed by atoms with Gasteiger partial charge in [-0.25, -0.2) is 0 Å². The smallest absolute Gasteiger partial charge is 0.115 e. The van der Waals surface area contributed by atoms with Crippen molar-refractivity contribution in [3.63, 3.8) is 0 Å². The first-order valence-corrected chi connectivity index (χ1v) is 6.97. The van der Waals surface area contributed by atoms with Crippen molar-refractivity contribution in [2.45, 2.75) is 27.2 Å². The van der Waals surface area contributed by atoms with Crippen LogP contribution >= 0.6 is 0 Å². The van der Waals surface area contributed by atoms with E-state index in [1.54, 1.807) is 12.1 Å². The van der Waals surface area contributed by atoms with Gasteiger partial charge >= 0.3 is 0 Å². The molecule has 0 bridgehead atoms. The van der Waals surface area contributed by atoms with Crippen LogP contribution in [0.5, 0.6) is 5.75 Å². The molecule has 0 atom stereocenters. The van der Waals surface area contributed by atoms with E-state index in [-0.39, 0.29) is 0 Å². The molecule has 1 aromatic carbocycles. The summed E-state index contributed by atoms with van der Waals surface area (Å²) in [6, 6.07) is 7.47. The van der Waals surface area contributed by atoms with Crippen LogP contribution in [0.25, 0.3) is 0 Å². The summed E-state index contributed by atoms with van der Waals surface area (Å²) in [5, 5.41) is 9.21. The SMILES string of the molecule is CCC.CCN1CCN(c2ccc(O)cc2)CC1. The third-order valence-electron chi connectivity index (χ3n) is 3.03. The average molecular weight is 250 g/mol. The highest BCUT2D eigenvalue weighted by molar-refractivity contribution is 5.49. The van der Waals surface area contributed by atoms with Crippen molar-refractivity contribution in [2.75, 3.05) is 37.6 Å². The molecule has 102 valence electrons. The fourth-order valence-electron chi connectivity index (χ4n) is 1.99. The van der Waals surface area contributed by atoms with E-state index in [1.807, 2.05) is 12.1 Å². The van der Waals surface area contributed by atoms with Crippen LogP contribution in [-0.2, 0) is 0 Å². The maximum atomic E-state index is 9.21. The predicted molar refractivity (Wildman–Crippen MR) is 78.4 cm³/mol. The maximum Gasteiger partial charge on any atom is 0.115 e. The molecular weight excluding hydrogens is 224 g/mol. The number of piperazine rings is 1. The summed E-state index contributed by atoms with van der Waals surface area (Å²) in [5.74, 6) is 0.339. The molecule has 0 aliphatic carbocycles. The van der Waals surface area contributed by atoms with Crippen molar-refractivity contribution in [3.05, 3.63) is 24.3 Å². The number of nitrogens with zero attached hydrogens (tertiary/aromatic N) is 2. The Balaban J connectivity index is 0.000000492. The Bertz CT molecular complexity index is 316. The molecule has 1 aliphatic heterocycles. The molecule has 1 aromatic rings. The first-order valence-electron chi connectivity index (χ1n) is 6.97. The largest absolute Gasteiger partial charge is 0.508 e. The Kier molecular flexibility index (Phi) is 6.58. The van der Waals surface area contributed by atoms with E-state index >= 15 is 0 Å². The number of anilines is 1. The van der Waals surface area contributed by atoms with Crippen LogP contribution in [0.2, 0.25) is 0 Å². The van der Waals surface area contributed by atoms with Crippen LogP contribution in [0, 0.1) is 0 Å². The summed E-state index contributed by atoms with van der Waals surface area (Å²) in [7, 11) is 0. The van der Waals surface area contributed by atoms with Crippen molar-refractivity contribution >= 4 is 5.69 Å². The molecule has 18 heavy (non-hydrogen) atoms. The number of benzene rings is 1. The van der Waals surface area contributed by atoms with Crippen LogP contribution in [0.3, 0.4) is 0 Å². The van der Waals surface area contributed by atoms with Gasteiger partial charge in [-0.1, -0.05) is 27.2 Å². The standard InChI is InChI=1S/C12H18N2O.C3H8/c1-2-13-7-9-14(10-8-13)11-3-5-12(15)6-4-11;1-3-2/h3-6,15H,2,7-10H2,1H3;3H2,1-2H3. The minimum absolute atomic E-state index is 0.339. The van der Waals surface area contributed by atoms with Gasteiger partial charge in [0.05, 0.1) is 0 Å². The zero-order chi connectivity index (χ0) is 13.4. The van der Waals surface area contributed by atoms with E-state index in [4.69, 9.17) is 0 Å².